The fourth-order valence-corrected chi connectivity index (χ4v) is 1.80. The summed E-state index contributed by atoms with van der Waals surface area (Å²) in [6.45, 7) is 4.28. The Balaban J connectivity index is 2.27. The van der Waals surface area contributed by atoms with E-state index in [2.05, 4.69) is 36.0 Å². The number of hydrogen-bond acceptors (Lipinski definition) is 2. The molecule has 0 unspecified atom stereocenters. The van der Waals surface area contributed by atoms with E-state index in [4.69, 9.17) is 0 Å². The number of aromatic nitrogens is 2. The van der Waals surface area contributed by atoms with Gasteiger partial charge in [0.1, 0.15) is 5.82 Å². The van der Waals surface area contributed by atoms with Crippen LogP contribution in [-0.2, 0) is 12.8 Å². The van der Waals surface area contributed by atoms with Gasteiger partial charge in [-0.2, -0.15) is 0 Å². The molecule has 0 amide bonds. The molecule has 14 heavy (non-hydrogen) atoms. The first kappa shape index (κ1) is 9.38. The number of nitrogens with zero attached hydrogens (tertiary/aromatic N) is 2. The van der Waals surface area contributed by atoms with Gasteiger partial charge in [0.2, 0.25) is 0 Å². The Morgan fingerprint density at radius 1 is 1.36 bits per heavy atom. The highest BCUT2D eigenvalue weighted by Crippen LogP contribution is 2.20. The lowest BCUT2D eigenvalue weighted by Gasteiger charge is -2.05. The molecule has 1 aliphatic carbocycles. The smallest absolute Gasteiger partial charge is 0.129 e. The molecular weight excluding hydrogens is 172 g/mol. The third kappa shape index (κ3) is 1.69. The molecule has 2 heteroatoms. The van der Waals surface area contributed by atoms with E-state index < -0.39 is 0 Å². The second-order valence-corrected chi connectivity index (χ2v) is 3.80. The van der Waals surface area contributed by atoms with Gasteiger partial charge in [0.15, 0.2) is 0 Å². The predicted octanol–water partition coefficient (Wildman–Crippen LogP) is 2.70. The summed E-state index contributed by atoms with van der Waals surface area (Å²) in [6, 6.07) is 0. The Morgan fingerprint density at radius 2 is 2.21 bits per heavy atom. The zero-order valence-corrected chi connectivity index (χ0v) is 8.88. The second-order valence-electron chi connectivity index (χ2n) is 3.80. The first-order chi connectivity index (χ1) is 6.81. The third-order valence-electron chi connectivity index (χ3n) is 2.64. The van der Waals surface area contributed by atoms with Crippen molar-refractivity contribution in [2.24, 2.45) is 0 Å². The highest BCUT2D eigenvalue weighted by molar-refractivity contribution is 5.56. The van der Waals surface area contributed by atoms with Crippen LogP contribution in [0.1, 0.15) is 42.5 Å². The molecule has 0 spiro atoms. The maximum atomic E-state index is 4.55. The average Bonchev–Trinajstić information content (AvgIpc) is 2.63. The normalized spacial score (nSPS) is 13.3. The zero-order chi connectivity index (χ0) is 9.97. The fourth-order valence-electron chi connectivity index (χ4n) is 1.80. The monoisotopic (exact) mass is 188 g/mol. The number of aryl methyl sites for hydroxylation is 2. The van der Waals surface area contributed by atoms with E-state index in [0.717, 1.165) is 30.1 Å². The molecule has 0 bridgehead atoms. The van der Waals surface area contributed by atoms with Crippen LogP contribution in [0.25, 0.3) is 6.08 Å². The molecular formula is C12H16N2. The van der Waals surface area contributed by atoms with Gasteiger partial charge in [0, 0.05) is 17.7 Å². The maximum absolute atomic E-state index is 4.55. The Kier molecular flexibility index (Phi) is 2.62. The van der Waals surface area contributed by atoms with Gasteiger partial charge >= 0.3 is 0 Å². The van der Waals surface area contributed by atoms with E-state index in [0.29, 0.717) is 0 Å². The van der Waals surface area contributed by atoms with Crippen molar-refractivity contribution in [1.82, 2.24) is 9.97 Å². The van der Waals surface area contributed by atoms with Crippen LogP contribution in [0.15, 0.2) is 6.08 Å². The van der Waals surface area contributed by atoms with Crippen LogP contribution in [0.5, 0.6) is 0 Å². The van der Waals surface area contributed by atoms with E-state index in [-0.39, 0.29) is 0 Å². The summed E-state index contributed by atoms with van der Waals surface area (Å²) in [7, 11) is 0. The van der Waals surface area contributed by atoms with E-state index in [1.165, 1.54) is 18.4 Å². The largest absolute Gasteiger partial charge is 0.238 e. The van der Waals surface area contributed by atoms with Crippen LogP contribution in [0, 0.1) is 6.92 Å². The van der Waals surface area contributed by atoms with Gasteiger partial charge < -0.3 is 0 Å². The van der Waals surface area contributed by atoms with Crippen LogP contribution >= 0.6 is 0 Å². The van der Waals surface area contributed by atoms with Crippen molar-refractivity contribution < 1.29 is 0 Å². The number of allylic oxidation sites excluding steroid dienone is 1. The second kappa shape index (κ2) is 3.91. The van der Waals surface area contributed by atoms with Crippen molar-refractivity contribution >= 4 is 6.08 Å². The lowest BCUT2D eigenvalue weighted by Crippen LogP contribution is -2.02. The van der Waals surface area contributed by atoms with Crippen LogP contribution in [-0.4, -0.2) is 9.97 Å². The molecule has 1 aromatic heterocycles. The topological polar surface area (TPSA) is 25.8 Å². The van der Waals surface area contributed by atoms with E-state index >= 15 is 0 Å². The fraction of sp³-hybridized carbons (Fsp3) is 0.500. The summed E-state index contributed by atoms with van der Waals surface area (Å²) in [5, 5.41) is 0. The third-order valence-corrected chi connectivity index (χ3v) is 2.64. The molecule has 0 saturated heterocycles. The van der Waals surface area contributed by atoms with Crippen molar-refractivity contribution in [1.29, 1.82) is 0 Å². The predicted molar refractivity (Wildman–Crippen MR) is 58.1 cm³/mol. The Hall–Kier alpha value is -1.18. The number of hydrogen-bond donors (Lipinski definition) is 0. The van der Waals surface area contributed by atoms with Crippen molar-refractivity contribution in [3.8, 4) is 0 Å². The van der Waals surface area contributed by atoms with Gasteiger partial charge in [-0.1, -0.05) is 19.4 Å². The molecule has 2 nitrogen and oxygen atoms in total. The molecule has 0 atom stereocenters. The number of unbranched alkanes of at least 4 members (excludes halogenated alkanes) is 1. The van der Waals surface area contributed by atoms with Gasteiger partial charge in [-0.15, -0.1) is 0 Å². The first-order valence-electron chi connectivity index (χ1n) is 5.34. The Bertz CT molecular complexity index is 367. The molecule has 0 radical (unpaired) electrons. The van der Waals surface area contributed by atoms with E-state index in [1.807, 2.05) is 0 Å². The van der Waals surface area contributed by atoms with Crippen LogP contribution in [0.2, 0.25) is 0 Å². The highest BCUT2D eigenvalue weighted by atomic mass is 14.9. The highest BCUT2D eigenvalue weighted by Gasteiger charge is 2.11. The molecule has 74 valence electrons. The average molecular weight is 188 g/mol. The quantitative estimate of drug-likeness (QED) is 0.728. The molecule has 0 fully saturated rings. The van der Waals surface area contributed by atoms with Crippen molar-refractivity contribution in [3.63, 3.8) is 0 Å². The maximum Gasteiger partial charge on any atom is 0.129 e. The van der Waals surface area contributed by atoms with E-state index in [9.17, 15) is 0 Å². The molecule has 0 N–H and O–H groups in total. The summed E-state index contributed by atoms with van der Waals surface area (Å²) in [5.74, 6) is 1.01. The van der Waals surface area contributed by atoms with Gasteiger partial charge in [-0.3, -0.25) is 0 Å². The van der Waals surface area contributed by atoms with Gasteiger partial charge in [-0.25, -0.2) is 9.97 Å². The lowest BCUT2D eigenvalue weighted by atomic mass is 10.1. The molecule has 1 heterocycles. The van der Waals surface area contributed by atoms with Crippen LogP contribution < -0.4 is 0 Å². The molecule has 0 saturated carbocycles. The minimum Gasteiger partial charge on any atom is -0.238 e. The van der Waals surface area contributed by atoms with E-state index in [1.54, 1.807) is 0 Å². The summed E-state index contributed by atoms with van der Waals surface area (Å²) in [5.41, 5.74) is 3.61. The number of rotatable bonds is 3. The first-order valence-corrected chi connectivity index (χ1v) is 5.34. The standard InChI is InChI=1S/C12H16N2/c1-3-4-8-12-13-9(2)10-6-5-7-11(10)14-12/h5,7H,3-4,6,8H2,1-2H3. The lowest BCUT2D eigenvalue weighted by molar-refractivity contribution is 0.744. The summed E-state index contributed by atoms with van der Waals surface area (Å²) < 4.78 is 0. The SMILES string of the molecule is CCCCc1nc(C)c2c(n1)C=CC2. The molecule has 1 aromatic rings. The molecule has 0 aliphatic heterocycles. The summed E-state index contributed by atoms with van der Waals surface area (Å²) in [6.07, 6.45) is 8.68. The molecule has 1 aliphatic rings. The van der Waals surface area contributed by atoms with Crippen LogP contribution in [0.3, 0.4) is 0 Å². The van der Waals surface area contributed by atoms with Crippen molar-refractivity contribution in [2.45, 2.75) is 39.5 Å². The van der Waals surface area contributed by atoms with Crippen molar-refractivity contribution in [2.75, 3.05) is 0 Å². The summed E-state index contributed by atoms with van der Waals surface area (Å²) >= 11 is 0. The molecule has 0 aromatic carbocycles. The number of fused-ring (bicyclic) bond motifs is 1. The Morgan fingerprint density at radius 3 is 3.00 bits per heavy atom. The zero-order valence-electron chi connectivity index (χ0n) is 8.88. The van der Waals surface area contributed by atoms with Gasteiger partial charge in [0.05, 0.1) is 5.69 Å². The van der Waals surface area contributed by atoms with Crippen LogP contribution in [0.4, 0.5) is 0 Å². The van der Waals surface area contributed by atoms with Gasteiger partial charge in [-0.05, 0) is 25.8 Å². The Labute approximate surface area is 85.1 Å². The minimum absolute atomic E-state index is 1.01. The molecule has 2 rings (SSSR count). The van der Waals surface area contributed by atoms with Crippen molar-refractivity contribution in [3.05, 3.63) is 28.9 Å². The minimum atomic E-state index is 1.01. The summed E-state index contributed by atoms with van der Waals surface area (Å²) in [4.78, 5) is 9.08. The van der Waals surface area contributed by atoms with Gasteiger partial charge in [0.25, 0.3) is 0 Å².